The van der Waals surface area contributed by atoms with Crippen LogP contribution in [0.5, 0.6) is 0 Å². The van der Waals surface area contributed by atoms with Crippen LogP contribution in [0.2, 0.25) is 0 Å². The first-order valence-corrected chi connectivity index (χ1v) is 15.9. The van der Waals surface area contributed by atoms with Gasteiger partial charge in [0.2, 0.25) is 0 Å². The van der Waals surface area contributed by atoms with Crippen LogP contribution in [-0.4, -0.2) is 47.3 Å². The number of fused-ring (bicyclic) bond motifs is 13. The first-order valence-electron chi connectivity index (χ1n) is 15.1. The van der Waals surface area contributed by atoms with Gasteiger partial charge in [0, 0.05) is 63.4 Å². The van der Waals surface area contributed by atoms with Gasteiger partial charge in [-0.05, 0) is 68.1 Å². The minimum absolute atomic E-state index is 0. The minimum Gasteiger partial charge on any atom is -0.375 e. The summed E-state index contributed by atoms with van der Waals surface area (Å²) >= 11 is 3.69. The third kappa shape index (κ3) is 3.74. The molecule has 3 aliphatic heterocycles. The van der Waals surface area contributed by atoms with Crippen molar-refractivity contribution in [2.24, 2.45) is 0 Å². The standard InChI is InChI=1S/C35H30BrN5O4.H2S/c1-35-32(44-3)23(37-2)15-26(45-35)40-24-11-9-18(36)13-20(24)28-29-22(16-38-34(29)43)27-21-14-19(39-33(42)17-7-5-4-6-8-17)10-12-25(21)41(35)31(27)30(28)40;/h4-14,23,26,32,37H,15-16H2,1-3H3,(H,38,43)(H,39,42);1H2/t23-,26?,32-,35?;/m1./s1. The molecule has 11 heteroatoms. The fourth-order valence-electron chi connectivity index (χ4n) is 8.28. The second-order valence-electron chi connectivity index (χ2n) is 12.3. The van der Waals surface area contributed by atoms with Crippen LogP contribution in [0.25, 0.3) is 43.6 Å². The number of hydrogen-bond acceptors (Lipinski definition) is 5. The number of halogens is 1. The second-order valence-corrected chi connectivity index (χ2v) is 13.2. The molecule has 5 heterocycles. The normalized spacial score (nSPS) is 23.1. The lowest BCUT2D eigenvalue weighted by molar-refractivity contribution is -0.256. The molecule has 2 amide bonds. The molecule has 1 fully saturated rings. The monoisotopic (exact) mass is 697 g/mol. The van der Waals surface area contributed by atoms with E-state index in [0.29, 0.717) is 29.8 Å². The molecular formula is C35H32BrN5O4S. The van der Waals surface area contributed by atoms with Crippen LogP contribution in [0, 0.1) is 0 Å². The van der Waals surface area contributed by atoms with E-state index < -0.39 is 5.72 Å². The molecule has 3 N–H and O–H groups in total. The number of amides is 2. The van der Waals surface area contributed by atoms with Crippen molar-refractivity contribution in [1.82, 2.24) is 19.8 Å². The molecule has 0 radical (unpaired) electrons. The summed E-state index contributed by atoms with van der Waals surface area (Å²) in [4.78, 5) is 26.9. The quantitative estimate of drug-likeness (QED) is 0.196. The topological polar surface area (TPSA) is 98.6 Å². The summed E-state index contributed by atoms with van der Waals surface area (Å²) in [6.07, 6.45) is 0.0520. The number of likely N-dealkylation sites (N-methyl/N-ethyl adjacent to an activating group) is 1. The Morgan fingerprint density at radius 2 is 1.80 bits per heavy atom. The molecular weight excluding hydrogens is 666 g/mol. The predicted octanol–water partition coefficient (Wildman–Crippen LogP) is 6.48. The van der Waals surface area contributed by atoms with Crippen molar-refractivity contribution < 1.29 is 19.1 Å². The van der Waals surface area contributed by atoms with Gasteiger partial charge in [-0.2, -0.15) is 13.5 Å². The van der Waals surface area contributed by atoms with E-state index >= 15 is 0 Å². The lowest BCUT2D eigenvalue weighted by Gasteiger charge is -2.48. The number of nitrogens with zero attached hydrogens (tertiary/aromatic N) is 2. The Bertz CT molecular complexity index is 2280. The van der Waals surface area contributed by atoms with Gasteiger partial charge < -0.3 is 34.6 Å². The highest BCUT2D eigenvalue weighted by Gasteiger charge is 2.53. The summed E-state index contributed by atoms with van der Waals surface area (Å²) in [5.74, 6) is -0.265. The van der Waals surface area contributed by atoms with Gasteiger partial charge in [-0.15, -0.1) is 0 Å². The first-order chi connectivity index (χ1) is 21.8. The number of aromatic nitrogens is 2. The molecule has 2 bridgehead atoms. The number of hydrogen-bond donors (Lipinski definition) is 3. The maximum atomic E-state index is 13.7. The van der Waals surface area contributed by atoms with Crippen molar-refractivity contribution in [2.75, 3.05) is 19.5 Å². The van der Waals surface area contributed by atoms with Gasteiger partial charge >= 0.3 is 0 Å². The van der Waals surface area contributed by atoms with Crippen molar-refractivity contribution in [1.29, 1.82) is 0 Å². The van der Waals surface area contributed by atoms with Gasteiger partial charge in [-0.1, -0.05) is 34.1 Å². The fourth-order valence-corrected chi connectivity index (χ4v) is 8.64. The number of carbonyl (C=O) groups excluding carboxylic acids is 2. The molecule has 2 unspecified atom stereocenters. The molecule has 9 nitrogen and oxygen atoms in total. The molecule has 9 rings (SSSR count). The van der Waals surface area contributed by atoms with Crippen LogP contribution >= 0.6 is 29.4 Å². The Morgan fingerprint density at radius 1 is 1.04 bits per heavy atom. The van der Waals surface area contributed by atoms with Crippen LogP contribution in [0.4, 0.5) is 5.69 Å². The number of anilines is 1. The average Bonchev–Trinajstić information content (AvgIpc) is 3.68. The highest BCUT2D eigenvalue weighted by molar-refractivity contribution is 9.10. The lowest BCUT2D eigenvalue weighted by atomic mass is 9.93. The summed E-state index contributed by atoms with van der Waals surface area (Å²) in [5, 5.41) is 13.6. The predicted molar refractivity (Wildman–Crippen MR) is 188 cm³/mol. The second kappa shape index (κ2) is 10.3. The molecule has 234 valence electrons. The summed E-state index contributed by atoms with van der Waals surface area (Å²) in [6, 6.07) is 21.4. The van der Waals surface area contributed by atoms with Gasteiger partial charge in [0.05, 0.1) is 27.6 Å². The number of benzene rings is 4. The number of carbonyl (C=O) groups is 2. The number of nitrogens with one attached hydrogen (secondary N) is 3. The molecule has 6 aromatic rings. The fraction of sp³-hybridized carbons (Fsp3) is 0.257. The molecule has 1 saturated heterocycles. The maximum absolute atomic E-state index is 13.7. The third-order valence-corrected chi connectivity index (χ3v) is 10.5. The number of methoxy groups -OCH3 is 1. The van der Waals surface area contributed by atoms with Gasteiger partial charge in [-0.3, -0.25) is 9.59 Å². The van der Waals surface area contributed by atoms with Gasteiger partial charge in [0.1, 0.15) is 12.3 Å². The van der Waals surface area contributed by atoms with Gasteiger partial charge in [-0.25, -0.2) is 0 Å². The largest absolute Gasteiger partial charge is 0.375 e. The molecule has 4 atom stereocenters. The first kappa shape index (κ1) is 29.5. The Labute approximate surface area is 279 Å². The maximum Gasteiger partial charge on any atom is 0.255 e. The Balaban J connectivity index is 0.00000312. The number of ether oxygens (including phenoxy) is 2. The van der Waals surface area contributed by atoms with Crippen LogP contribution in [0.15, 0.2) is 71.2 Å². The van der Waals surface area contributed by atoms with Crippen LogP contribution in [0.1, 0.15) is 45.9 Å². The third-order valence-electron chi connectivity index (χ3n) is 10.0. The summed E-state index contributed by atoms with van der Waals surface area (Å²) in [6.45, 7) is 2.52. The Morgan fingerprint density at radius 3 is 2.57 bits per heavy atom. The van der Waals surface area contributed by atoms with E-state index in [0.717, 1.165) is 53.6 Å². The molecule has 0 spiro atoms. The van der Waals surface area contributed by atoms with E-state index in [1.165, 1.54) is 0 Å². The average molecular weight is 699 g/mol. The van der Waals surface area contributed by atoms with Crippen molar-refractivity contribution in [3.05, 3.63) is 87.9 Å². The van der Waals surface area contributed by atoms with Crippen LogP contribution in [-0.2, 0) is 21.7 Å². The van der Waals surface area contributed by atoms with E-state index in [-0.39, 0.29) is 43.7 Å². The van der Waals surface area contributed by atoms with E-state index in [9.17, 15) is 9.59 Å². The van der Waals surface area contributed by atoms with E-state index in [4.69, 9.17) is 9.47 Å². The van der Waals surface area contributed by atoms with Crippen molar-refractivity contribution in [3.8, 4) is 0 Å². The zero-order chi connectivity index (χ0) is 30.8. The lowest BCUT2D eigenvalue weighted by Crippen LogP contribution is -2.59. The van der Waals surface area contributed by atoms with Crippen molar-refractivity contribution in [3.63, 3.8) is 0 Å². The van der Waals surface area contributed by atoms with Crippen LogP contribution < -0.4 is 16.0 Å². The Kier molecular flexibility index (Phi) is 6.62. The molecule has 0 saturated carbocycles. The zero-order valence-electron chi connectivity index (χ0n) is 25.4. The molecule has 4 aromatic carbocycles. The van der Waals surface area contributed by atoms with E-state index in [2.05, 4.69) is 60.1 Å². The minimum atomic E-state index is -0.905. The smallest absolute Gasteiger partial charge is 0.255 e. The van der Waals surface area contributed by atoms with Crippen molar-refractivity contribution in [2.45, 2.75) is 44.0 Å². The molecule has 0 aliphatic carbocycles. The van der Waals surface area contributed by atoms with E-state index in [1.54, 1.807) is 19.2 Å². The number of rotatable bonds is 4. The van der Waals surface area contributed by atoms with Crippen molar-refractivity contribution >= 4 is 90.5 Å². The molecule has 2 aromatic heterocycles. The van der Waals surface area contributed by atoms with Gasteiger partial charge in [0.25, 0.3) is 11.8 Å². The summed E-state index contributed by atoms with van der Waals surface area (Å²) < 4.78 is 19.0. The molecule has 46 heavy (non-hydrogen) atoms. The molecule has 3 aliphatic rings. The summed E-state index contributed by atoms with van der Waals surface area (Å²) in [7, 11) is 3.71. The van der Waals surface area contributed by atoms with Gasteiger partial charge in [0.15, 0.2) is 5.72 Å². The Hall–Kier alpha value is -3.87. The highest BCUT2D eigenvalue weighted by Crippen LogP contribution is 2.54. The highest BCUT2D eigenvalue weighted by atomic mass is 79.9. The van der Waals surface area contributed by atoms with Crippen LogP contribution in [0.3, 0.4) is 0 Å². The SMILES string of the molecule is CN[C@@H]1CC2OC(C)([C@@H]1OC)n1c3ccc(NC(=O)c4ccccc4)cc3c3c4c(c5c6cc(Br)ccc6n2c5c31)C(=O)NC4.S. The van der Waals surface area contributed by atoms with E-state index in [1.807, 2.05) is 49.5 Å². The zero-order valence-corrected chi connectivity index (χ0v) is 28.0. The summed E-state index contributed by atoms with van der Waals surface area (Å²) in [5.41, 5.74) is 5.93.